The number of imide groups is 1. The van der Waals surface area contributed by atoms with Gasteiger partial charge in [-0.3, -0.25) is 19.7 Å². The normalized spacial score (nSPS) is 14.4. The van der Waals surface area contributed by atoms with Crippen molar-refractivity contribution >= 4 is 40.4 Å². The molecule has 0 unspecified atom stereocenters. The van der Waals surface area contributed by atoms with Gasteiger partial charge in [0.05, 0.1) is 12.0 Å². The molecule has 10 heteroatoms. The maximum Gasteiger partial charge on any atom is 0.329 e. The number of ether oxygens (including phenoxy) is 2. The molecule has 0 aliphatic carbocycles. The van der Waals surface area contributed by atoms with Gasteiger partial charge in [-0.25, -0.2) is 9.69 Å². The molecule has 1 N–H and O–H groups in total. The van der Waals surface area contributed by atoms with Crippen LogP contribution in [-0.2, 0) is 20.9 Å². The molecule has 3 aromatic carbocycles. The predicted octanol–water partition coefficient (Wildman–Crippen LogP) is 3.39. The molecule has 0 spiro atoms. The van der Waals surface area contributed by atoms with Crippen LogP contribution in [0.3, 0.4) is 0 Å². The number of non-ortho nitro benzene ring substituents is 1. The SMILES string of the molecule is COC(=O)CN1C(=O)N/C(=C/c2c(OCc3cccc([N+](=O)[O-])c3)ccc3ccccc23)C1=O. The molecule has 1 saturated heterocycles. The first-order valence-electron chi connectivity index (χ1n) is 10.2. The van der Waals surface area contributed by atoms with Gasteiger partial charge in [0.15, 0.2) is 0 Å². The van der Waals surface area contributed by atoms with E-state index in [2.05, 4.69) is 10.1 Å². The number of amides is 3. The van der Waals surface area contributed by atoms with Crippen LogP contribution in [-0.4, -0.2) is 41.4 Å². The van der Waals surface area contributed by atoms with Crippen LogP contribution in [0.4, 0.5) is 10.5 Å². The summed E-state index contributed by atoms with van der Waals surface area (Å²) < 4.78 is 10.5. The van der Waals surface area contributed by atoms with Crippen LogP contribution < -0.4 is 10.1 Å². The summed E-state index contributed by atoms with van der Waals surface area (Å²) in [6.45, 7) is -0.463. The van der Waals surface area contributed by atoms with Gasteiger partial charge in [-0.05, 0) is 28.5 Å². The van der Waals surface area contributed by atoms with Crippen molar-refractivity contribution in [3.8, 4) is 5.75 Å². The van der Waals surface area contributed by atoms with Crippen LogP contribution in [0.5, 0.6) is 5.75 Å². The number of methoxy groups -OCH3 is 1. The Morgan fingerprint density at radius 1 is 1.12 bits per heavy atom. The number of nitrogens with one attached hydrogen (secondary N) is 1. The Bertz CT molecular complexity index is 1350. The Kier molecular flexibility index (Phi) is 6.22. The van der Waals surface area contributed by atoms with Crippen molar-refractivity contribution in [3.05, 3.63) is 87.6 Å². The zero-order chi connectivity index (χ0) is 24.2. The van der Waals surface area contributed by atoms with Crippen LogP contribution in [0.25, 0.3) is 16.8 Å². The standard InChI is InChI=1S/C24H19N3O7/c1-33-22(28)13-26-23(29)20(25-24(26)30)12-19-18-8-3-2-6-16(18)9-10-21(19)34-14-15-5-4-7-17(11-15)27(31)32/h2-12H,13-14H2,1H3,(H,25,30)/b20-12+. The number of hydrogen-bond donors (Lipinski definition) is 1. The zero-order valence-electron chi connectivity index (χ0n) is 18.0. The molecule has 4 rings (SSSR count). The van der Waals surface area contributed by atoms with E-state index in [4.69, 9.17) is 4.74 Å². The largest absolute Gasteiger partial charge is 0.488 e. The molecule has 0 bridgehead atoms. The number of nitro groups is 1. The van der Waals surface area contributed by atoms with Crippen LogP contribution >= 0.6 is 0 Å². The summed E-state index contributed by atoms with van der Waals surface area (Å²) in [7, 11) is 1.17. The van der Waals surface area contributed by atoms with Gasteiger partial charge in [0, 0.05) is 17.7 Å². The maximum atomic E-state index is 12.8. The third-order valence-electron chi connectivity index (χ3n) is 5.21. The van der Waals surface area contributed by atoms with Gasteiger partial charge in [-0.2, -0.15) is 0 Å². The average Bonchev–Trinajstić information content (AvgIpc) is 3.10. The average molecular weight is 461 g/mol. The Hall–Kier alpha value is -4.73. The lowest BCUT2D eigenvalue weighted by Gasteiger charge is -2.13. The van der Waals surface area contributed by atoms with E-state index >= 15 is 0 Å². The minimum Gasteiger partial charge on any atom is -0.488 e. The number of hydrogen-bond acceptors (Lipinski definition) is 7. The molecule has 0 atom stereocenters. The van der Waals surface area contributed by atoms with Crippen molar-refractivity contribution in [1.82, 2.24) is 10.2 Å². The fraction of sp³-hybridized carbons (Fsp3) is 0.125. The predicted molar refractivity (Wildman–Crippen MR) is 122 cm³/mol. The lowest BCUT2D eigenvalue weighted by Crippen LogP contribution is -2.36. The number of rotatable bonds is 7. The van der Waals surface area contributed by atoms with Crippen molar-refractivity contribution < 1.29 is 28.8 Å². The summed E-state index contributed by atoms with van der Waals surface area (Å²) in [6.07, 6.45) is 1.49. The van der Waals surface area contributed by atoms with Gasteiger partial charge in [0.1, 0.15) is 24.6 Å². The molecule has 3 amide bonds. The molecule has 172 valence electrons. The molecular formula is C24H19N3O7. The van der Waals surface area contributed by atoms with Crippen LogP contribution in [0.15, 0.2) is 66.4 Å². The quantitative estimate of drug-likeness (QED) is 0.188. The van der Waals surface area contributed by atoms with Crippen LogP contribution in [0.1, 0.15) is 11.1 Å². The van der Waals surface area contributed by atoms with Gasteiger partial charge >= 0.3 is 12.0 Å². The zero-order valence-corrected chi connectivity index (χ0v) is 18.0. The molecule has 0 aromatic heterocycles. The number of nitrogens with zero attached hydrogens (tertiary/aromatic N) is 2. The number of esters is 1. The fourth-order valence-corrected chi connectivity index (χ4v) is 3.52. The van der Waals surface area contributed by atoms with Crippen molar-refractivity contribution in [2.75, 3.05) is 13.7 Å². The second-order valence-electron chi connectivity index (χ2n) is 7.37. The molecule has 0 saturated carbocycles. The maximum absolute atomic E-state index is 12.8. The molecule has 1 heterocycles. The topological polar surface area (TPSA) is 128 Å². The highest BCUT2D eigenvalue weighted by atomic mass is 16.6. The number of nitro benzene ring substituents is 1. The number of benzene rings is 3. The van der Waals surface area contributed by atoms with E-state index in [1.807, 2.05) is 30.3 Å². The monoisotopic (exact) mass is 461 g/mol. The van der Waals surface area contributed by atoms with E-state index in [9.17, 15) is 24.5 Å². The second kappa shape index (κ2) is 9.41. The molecule has 0 radical (unpaired) electrons. The summed E-state index contributed by atoms with van der Waals surface area (Å²) in [5.74, 6) is -0.991. The highest BCUT2D eigenvalue weighted by Crippen LogP contribution is 2.31. The minimum atomic E-state index is -0.735. The van der Waals surface area contributed by atoms with E-state index in [1.54, 1.807) is 18.2 Å². The van der Waals surface area contributed by atoms with Crippen molar-refractivity contribution in [1.29, 1.82) is 0 Å². The van der Waals surface area contributed by atoms with Crippen LogP contribution in [0, 0.1) is 10.1 Å². The van der Waals surface area contributed by atoms with E-state index in [0.29, 0.717) is 16.9 Å². The fourth-order valence-electron chi connectivity index (χ4n) is 3.52. The highest BCUT2D eigenvalue weighted by molar-refractivity contribution is 6.16. The first kappa shape index (κ1) is 22.5. The first-order chi connectivity index (χ1) is 16.4. The Morgan fingerprint density at radius 3 is 2.68 bits per heavy atom. The third-order valence-corrected chi connectivity index (χ3v) is 5.21. The summed E-state index contributed by atoms with van der Waals surface area (Å²) in [5.41, 5.74) is 1.06. The number of carbonyl (C=O) groups excluding carboxylic acids is 3. The van der Waals surface area contributed by atoms with Gasteiger partial charge in [0.2, 0.25) is 0 Å². The van der Waals surface area contributed by atoms with Gasteiger partial charge in [-0.1, -0.05) is 42.5 Å². The summed E-state index contributed by atoms with van der Waals surface area (Å²) in [4.78, 5) is 47.9. The second-order valence-corrected chi connectivity index (χ2v) is 7.37. The van der Waals surface area contributed by atoms with E-state index in [0.717, 1.165) is 15.7 Å². The van der Waals surface area contributed by atoms with Crippen molar-refractivity contribution in [2.45, 2.75) is 6.61 Å². The molecular weight excluding hydrogens is 442 g/mol. The lowest BCUT2D eigenvalue weighted by molar-refractivity contribution is -0.384. The number of carbonyl (C=O) groups is 3. The third kappa shape index (κ3) is 4.56. The molecule has 1 aliphatic rings. The number of urea groups is 1. The number of fused-ring (bicyclic) bond motifs is 1. The van der Waals surface area contributed by atoms with E-state index in [1.165, 1.54) is 25.3 Å². The summed E-state index contributed by atoms with van der Waals surface area (Å²) >= 11 is 0. The first-order valence-corrected chi connectivity index (χ1v) is 10.2. The minimum absolute atomic E-state index is 0.0227. The van der Waals surface area contributed by atoms with Crippen molar-refractivity contribution in [2.24, 2.45) is 0 Å². The van der Waals surface area contributed by atoms with Gasteiger partial charge < -0.3 is 14.8 Å². The summed E-state index contributed by atoms with van der Waals surface area (Å²) in [6, 6.07) is 16.3. The molecule has 3 aromatic rings. The van der Waals surface area contributed by atoms with E-state index < -0.39 is 29.4 Å². The lowest BCUT2D eigenvalue weighted by atomic mass is 10.0. The van der Waals surface area contributed by atoms with Gasteiger partial charge in [0.25, 0.3) is 11.6 Å². The molecule has 1 fully saturated rings. The Balaban J connectivity index is 1.69. The smallest absolute Gasteiger partial charge is 0.329 e. The molecule has 1 aliphatic heterocycles. The summed E-state index contributed by atoms with van der Waals surface area (Å²) in [5, 5.41) is 15.2. The van der Waals surface area contributed by atoms with E-state index in [-0.39, 0.29) is 18.0 Å². The Labute approximate surface area is 193 Å². The molecule has 10 nitrogen and oxygen atoms in total. The van der Waals surface area contributed by atoms with Gasteiger partial charge in [-0.15, -0.1) is 0 Å². The Morgan fingerprint density at radius 2 is 1.91 bits per heavy atom. The molecule has 34 heavy (non-hydrogen) atoms. The highest BCUT2D eigenvalue weighted by Gasteiger charge is 2.35. The van der Waals surface area contributed by atoms with Crippen molar-refractivity contribution in [3.63, 3.8) is 0 Å². The van der Waals surface area contributed by atoms with Crippen LogP contribution in [0.2, 0.25) is 0 Å².